The van der Waals surface area contributed by atoms with Crippen LogP contribution in [0.1, 0.15) is 49.7 Å². The molecule has 3 aromatic rings. The number of rotatable bonds is 6. The van der Waals surface area contributed by atoms with Crippen LogP contribution >= 0.6 is 11.3 Å². The number of benzene rings is 1. The molecule has 1 aliphatic heterocycles. The van der Waals surface area contributed by atoms with Crippen molar-refractivity contribution in [3.05, 3.63) is 53.7 Å². The van der Waals surface area contributed by atoms with E-state index in [0.717, 1.165) is 60.5 Å². The largest absolute Gasteiger partial charge is 0.338 e. The molecule has 5 nitrogen and oxygen atoms in total. The Labute approximate surface area is 180 Å². The molecular formula is C24H24N4OS. The molecule has 1 aromatic carbocycles. The highest BCUT2D eigenvalue weighted by Crippen LogP contribution is 2.44. The summed E-state index contributed by atoms with van der Waals surface area (Å²) in [5, 5.41) is 10.5. The molecule has 3 heterocycles. The van der Waals surface area contributed by atoms with Gasteiger partial charge in [-0.05, 0) is 55.7 Å². The first-order valence-corrected chi connectivity index (χ1v) is 11.5. The molecule has 0 amide bonds. The number of ketones is 1. The molecule has 1 aliphatic carbocycles. The first-order valence-electron chi connectivity index (χ1n) is 10.7. The Kier molecular flexibility index (Phi) is 5.00. The fourth-order valence-electron chi connectivity index (χ4n) is 4.60. The molecule has 30 heavy (non-hydrogen) atoms. The summed E-state index contributed by atoms with van der Waals surface area (Å²) in [4.78, 5) is 24.4. The fourth-order valence-corrected chi connectivity index (χ4v) is 5.64. The Morgan fingerprint density at radius 1 is 1.27 bits per heavy atom. The summed E-state index contributed by atoms with van der Waals surface area (Å²) in [6, 6.07) is 14.7. The van der Waals surface area contributed by atoms with Crippen LogP contribution < -0.4 is 4.90 Å². The van der Waals surface area contributed by atoms with Gasteiger partial charge in [0.25, 0.3) is 0 Å². The number of fused-ring (bicyclic) bond motifs is 1. The summed E-state index contributed by atoms with van der Waals surface area (Å²) in [7, 11) is 0. The SMILES string of the molecule is N#CC1(c2cnc3nc(N4CCC[C@@H]4C(=O)CCc4ccccc4)sc3c2)CCC1. The summed E-state index contributed by atoms with van der Waals surface area (Å²) < 4.78 is 1.01. The van der Waals surface area contributed by atoms with E-state index in [1.165, 1.54) is 5.56 Å². The molecule has 2 aromatic heterocycles. The van der Waals surface area contributed by atoms with E-state index in [1.807, 2.05) is 24.4 Å². The molecule has 152 valence electrons. The number of pyridine rings is 1. The first-order chi connectivity index (χ1) is 14.7. The number of Topliss-reactive ketones (excluding diaryl/α,β-unsaturated/α-hetero) is 1. The van der Waals surface area contributed by atoms with E-state index in [1.54, 1.807) is 11.3 Å². The van der Waals surface area contributed by atoms with Crippen LogP contribution in [-0.4, -0.2) is 28.3 Å². The minimum Gasteiger partial charge on any atom is -0.338 e. The van der Waals surface area contributed by atoms with Gasteiger partial charge < -0.3 is 4.90 Å². The maximum atomic E-state index is 13.0. The predicted octanol–water partition coefficient (Wildman–Crippen LogP) is 4.81. The van der Waals surface area contributed by atoms with E-state index in [-0.39, 0.29) is 11.5 Å². The van der Waals surface area contributed by atoms with Gasteiger partial charge in [0.05, 0.1) is 22.2 Å². The Bertz CT molecular complexity index is 1110. The van der Waals surface area contributed by atoms with E-state index >= 15 is 0 Å². The molecule has 1 saturated heterocycles. The standard InChI is InChI=1S/C24H24N4OS/c25-16-24(11-5-12-24)18-14-21-22(26-15-18)27-23(30-21)28-13-4-8-19(28)20(29)10-9-17-6-2-1-3-7-17/h1-3,6-7,14-15,19H,4-5,8-13H2/t19-/m1/s1. The summed E-state index contributed by atoms with van der Waals surface area (Å²) in [6.45, 7) is 0.858. The molecule has 5 rings (SSSR count). The third kappa shape index (κ3) is 3.37. The summed E-state index contributed by atoms with van der Waals surface area (Å²) >= 11 is 1.60. The molecule has 6 heteroatoms. The highest BCUT2D eigenvalue weighted by molar-refractivity contribution is 7.22. The maximum Gasteiger partial charge on any atom is 0.188 e. The van der Waals surface area contributed by atoms with Crippen molar-refractivity contribution >= 4 is 32.6 Å². The lowest BCUT2D eigenvalue weighted by atomic mass is 9.66. The summed E-state index contributed by atoms with van der Waals surface area (Å²) in [6.07, 6.45) is 7.97. The van der Waals surface area contributed by atoms with Gasteiger partial charge in [-0.3, -0.25) is 4.79 Å². The number of nitrogens with zero attached hydrogens (tertiary/aromatic N) is 4. The van der Waals surface area contributed by atoms with Crippen molar-refractivity contribution in [3.8, 4) is 6.07 Å². The third-order valence-electron chi connectivity index (χ3n) is 6.58. The van der Waals surface area contributed by atoms with Crippen LogP contribution in [0.4, 0.5) is 5.13 Å². The quantitative estimate of drug-likeness (QED) is 0.577. The van der Waals surface area contributed by atoms with Crippen LogP contribution in [0.2, 0.25) is 0 Å². The van der Waals surface area contributed by atoms with Crippen LogP contribution in [0, 0.1) is 11.3 Å². The Balaban J connectivity index is 1.35. The van der Waals surface area contributed by atoms with Crippen LogP contribution in [0.25, 0.3) is 10.3 Å². The lowest BCUT2D eigenvalue weighted by Gasteiger charge is -2.35. The van der Waals surface area contributed by atoms with E-state index in [4.69, 9.17) is 4.98 Å². The third-order valence-corrected chi connectivity index (χ3v) is 7.61. The molecule has 0 unspecified atom stereocenters. The molecule has 2 fully saturated rings. The van der Waals surface area contributed by atoms with Gasteiger partial charge >= 0.3 is 0 Å². The van der Waals surface area contributed by atoms with Gasteiger partial charge in [0.2, 0.25) is 0 Å². The van der Waals surface area contributed by atoms with Gasteiger partial charge in [-0.1, -0.05) is 41.7 Å². The number of hydrogen-bond acceptors (Lipinski definition) is 6. The monoisotopic (exact) mass is 416 g/mol. The Morgan fingerprint density at radius 3 is 2.83 bits per heavy atom. The van der Waals surface area contributed by atoms with Crippen molar-refractivity contribution in [2.75, 3.05) is 11.4 Å². The fraction of sp³-hybridized carbons (Fsp3) is 0.417. The average Bonchev–Trinajstić information content (AvgIpc) is 3.39. The molecule has 1 saturated carbocycles. The zero-order valence-electron chi connectivity index (χ0n) is 16.9. The highest BCUT2D eigenvalue weighted by Gasteiger charge is 2.39. The lowest BCUT2D eigenvalue weighted by molar-refractivity contribution is -0.120. The second kappa shape index (κ2) is 7.81. The van der Waals surface area contributed by atoms with E-state index in [9.17, 15) is 10.1 Å². The van der Waals surface area contributed by atoms with E-state index < -0.39 is 0 Å². The molecule has 0 spiro atoms. The zero-order valence-corrected chi connectivity index (χ0v) is 17.7. The second-order valence-corrected chi connectivity index (χ2v) is 9.40. The number of carbonyl (C=O) groups excluding carboxylic acids is 1. The van der Waals surface area contributed by atoms with Crippen LogP contribution in [0.5, 0.6) is 0 Å². The predicted molar refractivity (Wildman–Crippen MR) is 119 cm³/mol. The highest BCUT2D eigenvalue weighted by atomic mass is 32.1. The topological polar surface area (TPSA) is 69.9 Å². The first kappa shape index (κ1) is 19.2. The number of aryl methyl sites for hydroxylation is 1. The summed E-state index contributed by atoms with van der Waals surface area (Å²) in [5.41, 5.74) is 2.56. The number of hydrogen-bond donors (Lipinski definition) is 0. The molecule has 1 atom stereocenters. The van der Waals surface area contributed by atoms with Crippen LogP contribution in [0.15, 0.2) is 42.6 Å². The minimum absolute atomic E-state index is 0.0918. The van der Waals surface area contributed by atoms with Gasteiger partial charge in [0, 0.05) is 19.2 Å². The van der Waals surface area contributed by atoms with Crippen LogP contribution in [0.3, 0.4) is 0 Å². The van der Waals surface area contributed by atoms with Crippen molar-refractivity contribution in [2.45, 2.75) is 56.4 Å². The van der Waals surface area contributed by atoms with Crippen molar-refractivity contribution in [1.82, 2.24) is 9.97 Å². The molecular weight excluding hydrogens is 392 g/mol. The van der Waals surface area contributed by atoms with E-state index in [2.05, 4.69) is 34.2 Å². The molecule has 0 N–H and O–H groups in total. The number of thiazole rings is 1. The number of nitriles is 1. The smallest absolute Gasteiger partial charge is 0.188 e. The number of anilines is 1. The normalized spacial score (nSPS) is 20.1. The van der Waals surface area contributed by atoms with Gasteiger partial charge in [-0.25, -0.2) is 4.98 Å². The van der Waals surface area contributed by atoms with Gasteiger partial charge in [-0.15, -0.1) is 0 Å². The van der Waals surface area contributed by atoms with Crippen molar-refractivity contribution in [2.24, 2.45) is 0 Å². The maximum absolute atomic E-state index is 13.0. The zero-order chi connectivity index (χ0) is 20.6. The van der Waals surface area contributed by atoms with Gasteiger partial charge in [0.15, 0.2) is 16.6 Å². The van der Waals surface area contributed by atoms with Crippen molar-refractivity contribution < 1.29 is 4.79 Å². The van der Waals surface area contributed by atoms with E-state index in [0.29, 0.717) is 17.9 Å². The van der Waals surface area contributed by atoms with Gasteiger partial charge in [0.1, 0.15) is 0 Å². The minimum atomic E-state index is -0.366. The number of carbonyl (C=O) groups is 1. The summed E-state index contributed by atoms with van der Waals surface area (Å²) in [5.74, 6) is 0.294. The molecule has 0 radical (unpaired) electrons. The van der Waals surface area contributed by atoms with Gasteiger partial charge in [-0.2, -0.15) is 10.2 Å². The lowest BCUT2D eigenvalue weighted by Crippen LogP contribution is -2.36. The molecule has 2 aliphatic rings. The Morgan fingerprint density at radius 2 is 2.10 bits per heavy atom. The molecule has 0 bridgehead atoms. The van der Waals surface area contributed by atoms with Crippen molar-refractivity contribution in [3.63, 3.8) is 0 Å². The van der Waals surface area contributed by atoms with Crippen molar-refractivity contribution in [1.29, 1.82) is 5.26 Å². The number of aromatic nitrogens is 2. The van der Waals surface area contributed by atoms with Crippen LogP contribution in [-0.2, 0) is 16.6 Å². The Hall–Kier alpha value is -2.78. The average molecular weight is 417 g/mol. The second-order valence-electron chi connectivity index (χ2n) is 8.39.